The Hall–Kier alpha value is -3.09. The van der Waals surface area contributed by atoms with Crippen molar-refractivity contribution in [1.29, 1.82) is 5.41 Å². The third-order valence-electron chi connectivity index (χ3n) is 6.17. The summed E-state index contributed by atoms with van der Waals surface area (Å²) in [7, 11) is 1.85. The summed E-state index contributed by atoms with van der Waals surface area (Å²) in [4.78, 5) is 5.68. The second-order valence-electron chi connectivity index (χ2n) is 9.91. The Balaban J connectivity index is 1.90. The molecule has 0 bridgehead atoms. The number of anilines is 1. The van der Waals surface area contributed by atoms with E-state index in [1.165, 1.54) is 24.8 Å². The van der Waals surface area contributed by atoms with Gasteiger partial charge in [0.05, 0.1) is 17.0 Å². The summed E-state index contributed by atoms with van der Waals surface area (Å²) in [5.74, 6) is 1.29. The van der Waals surface area contributed by atoms with E-state index in [0.29, 0.717) is 11.6 Å². The van der Waals surface area contributed by atoms with E-state index in [0.717, 1.165) is 46.8 Å². The number of aliphatic hydroxyl groups is 1. The van der Waals surface area contributed by atoms with Crippen molar-refractivity contribution in [3.63, 3.8) is 0 Å². The Morgan fingerprint density at radius 3 is 2.40 bits per heavy atom. The molecular weight excluding hydrogens is 436 g/mol. The molecule has 2 aliphatic carbocycles. The lowest BCUT2D eigenvalue weighted by atomic mass is 9.83. The maximum absolute atomic E-state index is 10.0. The van der Waals surface area contributed by atoms with Crippen LogP contribution < -0.4 is 16.1 Å². The third kappa shape index (κ3) is 7.98. The SMILES string of the molecule is C=C/C(=C\C(=C\C1CCC1)C(NOCC(C)(C)O)=C1CC1)C(=N)/C(C)=C(/NC)Nc1ccccc1. The molecule has 0 heterocycles. The molecule has 35 heavy (non-hydrogen) atoms. The highest BCUT2D eigenvalue weighted by Crippen LogP contribution is 2.37. The molecule has 2 saturated carbocycles. The number of benzene rings is 1. The van der Waals surface area contributed by atoms with Crippen molar-refractivity contribution in [2.75, 3.05) is 19.0 Å². The number of hydrogen-bond donors (Lipinski definition) is 5. The first-order chi connectivity index (χ1) is 16.7. The Kier molecular flexibility index (Phi) is 9.13. The molecule has 0 spiro atoms. The Morgan fingerprint density at radius 1 is 1.20 bits per heavy atom. The molecule has 6 heteroatoms. The van der Waals surface area contributed by atoms with Crippen molar-refractivity contribution in [3.8, 4) is 0 Å². The van der Waals surface area contributed by atoms with Gasteiger partial charge in [-0.15, -0.1) is 0 Å². The molecule has 3 rings (SSSR count). The monoisotopic (exact) mass is 476 g/mol. The summed E-state index contributed by atoms with van der Waals surface area (Å²) in [6.45, 7) is 9.56. The van der Waals surface area contributed by atoms with E-state index in [-0.39, 0.29) is 6.61 Å². The van der Waals surface area contributed by atoms with E-state index < -0.39 is 5.60 Å². The van der Waals surface area contributed by atoms with Crippen molar-refractivity contribution >= 4 is 11.4 Å². The highest BCUT2D eigenvalue weighted by molar-refractivity contribution is 6.12. The molecule has 6 nitrogen and oxygen atoms in total. The average molecular weight is 477 g/mol. The van der Waals surface area contributed by atoms with Gasteiger partial charge in [0.1, 0.15) is 12.4 Å². The highest BCUT2D eigenvalue weighted by Gasteiger charge is 2.24. The van der Waals surface area contributed by atoms with Gasteiger partial charge < -0.3 is 15.7 Å². The van der Waals surface area contributed by atoms with Crippen LogP contribution in [0.25, 0.3) is 0 Å². The van der Waals surface area contributed by atoms with Crippen molar-refractivity contribution < 1.29 is 9.94 Å². The summed E-state index contributed by atoms with van der Waals surface area (Å²) in [5, 5.41) is 25.6. The molecule has 188 valence electrons. The fraction of sp³-hybridized carbons (Fsp3) is 0.414. The van der Waals surface area contributed by atoms with Crippen LogP contribution in [0, 0.1) is 11.3 Å². The van der Waals surface area contributed by atoms with Gasteiger partial charge in [-0.25, -0.2) is 0 Å². The van der Waals surface area contributed by atoms with E-state index in [9.17, 15) is 5.11 Å². The van der Waals surface area contributed by atoms with Crippen LogP contribution in [0.4, 0.5) is 5.69 Å². The van der Waals surface area contributed by atoms with Gasteiger partial charge in [0.15, 0.2) is 0 Å². The van der Waals surface area contributed by atoms with E-state index in [1.807, 2.05) is 50.4 Å². The zero-order valence-corrected chi connectivity index (χ0v) is 21.5. The molecule has 5 N–H and O–H groups in total. The standard InChI is InChI=1S/C29H40N4O2/c1-6-22(26(30)20(2)28(31-5)32-25-13-8-7-9-14-25)18-24(17-21-11-10-12-21)27(23-15-16-23)33-35-19-29(3,4)34/h6-9,13-14,17-18,21,30-34H,1,10-12,15-16,19H2,2-5H3/b22-18+,24-17-,28-20-,30-26?. The largest absolute Gasteiger partial charge is 0.388 e. The highest BCUT2D eigenvalue weighted by atomic mass is 16.7. The van der Waals surface area contributed by atoms with Gasteiger partial charge in [-0.1, -0.05) is 43.4 Å². The molecule has 0 radical (unpaired) electrons. The van der Waals surface area contributed by atoms with Crippen LogP contribution in [0.1, 0.15) is 52.9 Å². The minimum atomic E-state index is -0.925. The molecule has 0 unspecified atom stereocenters. The quantitative estimate of drug-likeness (QED) is 0.142. The van der Waals surface area contributed by atoms with Gasteiger partial charge in [-0.05, 0) is 87.3 Å². The summed E-state index contributed by atoms with van der Waals surface area (Å²) in [5.41, 5.74) is 8.33. The third-order valence-corrected chi connectivity index (χ3v) is 6.17. The maximum Gasteiger partial charge on any atom is 0.108 e. The smallest absolute Gasteiger partial charge is 0.108 e. The van der Waals surface area contributed by atoms with Crippen LogP contribution in [-0.2, 0) is 4.84 Å². The molecule has 1 aromatic carbocycles. The molecule has 2 fully saturated rings. The normalized spacial score (nSPS) is 17.2. The Bertz CT molecular complexity index is 1030. The topological polar surface area (TPSA) is 89.4 Å². The van der Waals surface area contributed by atoms with E-state index >= 15 is 0 Å². The summed E-state index contributed by atoms with van der Waals surface area (Å²) in [6, 6.07) is 9.91. The fourth-order valence-electron chi connectivity index (χ4n) is 3.75. The van der Waals surface area contributed by atoms with Crippen LogP contribution in [-0.4, -0.2) is 30.1 Å². The Labute approximate surface area is 210 Å². The average Bonchev–Trinajstić information content (AvgIpc) is 3.64. The zero-order chi connectivity index (χ0) is 25.4. The van der Waals surface area contributed by atoms with Gasteiger partial charge >= 0.3 is 0 Å². The molecule has 2 aliphatic rings. The number of hydrogen-bond acceptors (Lipinski definition) is 6. The van der Waals surface area contributed by atoms with Crippen LogP contribution in [0.15, 0.2) is 88.9 Å². The lowest BCUT2D eigenvalue weighted by Crippen LogP contribution is -2.30. The maximum atomic E-state index is 10.0. The van der Waals surface area contributed by atoms with E-state index in [1.54, 1.807) is 19.9 Å². The second kappa shape index (κ2) is 12.0. The fourth-order valence-corrected chi connectivity index (χ4v) is 3.75. The van der Waals surface area contributed by atoms with Crippen LogP contribution in [0.2, 0.25) is 0 Å². The van der Waals surface area contributed by atoms with Gasteiger partial charge in [0.25, 0.3) is 0 Å². The lowest BCUT2D eigenvalue weighted by molar-refractivity contribution is -0.0508. The first-order valence-electron chi connectivity index (χ1n) is 12.4. The number of allylic oxidation sites excluding steroid dienone is 6. The van der Waals surface area contributed by atoms with Crippen molar-refractivity contribution in [2.24, 2.45) is 5.92 Å². The second-order valence-corrected chi connectivity index (χ2v) is 9.91. The van der Waals surface area contributed by atoms with Crippen molar-refractivity contribution in [3.05, 3.63) is 88.9 Å². The number of hydroxylamine groups is 1. The lowest BCUT2D eigenvalue weighted by Gasteiger charge is -2.24. The van der Waals surface area contributed by atoms with Crippen LogP contribution in [0.5, 0.6) is 0 Å². The minimum absolute atomic E-state index is 0.173. The molecule has 0 aromatic heterocycles. The molecule has 0 amide bonds. The Morgan fingerprint density at radius 2 is 1.89 bits per heavy atom. The van der Waals surface area contributed by atoms with E-state index in [2.05, 4.69) is 28.8 Å². The number of nitrogens with one attached hydrogen (secondary N) is 4. The molecule has 0 atom stereocenters. The molecular formula is C29H40N4O2. The first kappa shape index (κ1) is 26.5. The molecule has 1 aromatic rings. The van der Waals surface area contributed by atoms with E-state index in [4.69, 9.17) is 10.2 Å². The zero-order valence-electron chi connectivity index (χ0n) is 21.5. The number of para-hydroxylation sites is 1. The van der Waals surface area contributed by atoms with Gasteiger partial charge in [0.2, 0.25) is 0 Å². The minimum Gasteiger partial charge on any atom is -0.388 e. The van der Waals surface area contributed by atoms with Gasteiger partial charge in [-0.3, -0.25) is 15.7 Å². The van der Waals surface area contributed by atoms with Gasteiger partial charge in [0, 0.05) is 18.3 Å². The molecule has 0 aliphatic heterocycles. The predicted molar refractivity (Wildman–Crippen MR) is 145 cm³/mol. The van der Waals surface area contributed by atoms with Gasteiger partial charge in [-0.2, -0.15) is 0 Å². The number of rotatable bonds is 13. The first-order valence-corrected chi connectivity index (χ1v) is 12.4. The summed E-state index contributed by atoms with van der Waals surface area (Å²) < 4.78 is 0. The van der Waals surface area contributed by atoms with Crippen molar-refractivity contribution in [1.82, 2.24) is 10.8 Å². The van der Waals surface area contributed by atoms with Crippen LogP contribution >= 0.6 is 0 Å². The summed E-state index contributed by atoms with van der Waals surface area (Å²) in [6.07, 6.45) is 11.7. The van der Waals surface area contributed by atoms with Crippen LogP contribution in [0.3, 0.4) is 0 Å². The summed E-state index contributed by atoms with van der Waals surface area (Å²) >= 11 is 0. The van der Waals surface area contributed by atoms with Crippen molar-refractivity contribution in [2.45, 2.75) is 58.5 Å². The predicted octanol–water partition coefficient (Wildman–Crippen LogP) is 5.75. The molecule has 0 saturated heterocycles.